The zero-order chi connectivity index (χ0) is 50.9. The Morgan fingerprint density at radius 2 is 1.07 bits per heavy atom. The fraction of sp³-hybridized carbons (Fsp3) is 0.314. The Morgan fingerprint density at radius 3 is 1.80 bits per heavy atom. The highest BCUT2D eigenvalue weighted by Gasteiger charge is 2.63. The summed E-state index contributed by atoms with van der Waals surface area (Å²) in [5.74, 6) is 0. The first-order valence-corrected chi connectivity index (χ1v) is 27.8. The standard InChI is InChI=1S/C70H70BN3/c1-65(2,3)49-31-33-58(52(41-49)46-25-15-12-16-26-46)72-60-34-32-50(66(4,5)6)42-56(60)71-57-40-48(45-23-13-11-14-24-45)39-55-64(57)74(69(9)37-22-21-36-67(55,69)7)62-44-51(43-61(72)63(62)71)73-59-30-20-19-29-54(59)68(8)38-35-47-27-17-18-28-53(47)70(68,73)10/h11-20,23-34,39-44H,21-22,35-38H2,1-10H3. The Bertz CT molecular complexity index is 3640. The second-order valence-corrected chi connectivity index (χ2v) is 25.9. The molecule has 3 nitrogen and oxygen atoms in total. The average molecular weight is 964 g/mol. The number of nitrogens with zero attached hydrogens (tertiary/aromatic N) is 3. The first kappa shape index (κ1) is 45.8. The van der Waals surface area contributed by atoms with E-state index >= 15 is 0 Å². The van der Waals surface area contributed by atoms with Gasteiger partial charge in [-0.15, -0.1) is 0 Å². The summed E-state index contributed by atoms with van der Waals surface area (Å²) in [6.07, 6.45) is 6.93. The molecule has 4 atom stereocenters. The van der Waals surface area contributed by atoms with Crippen molar-refractivity contribution in [3.63, 3.8) is 0 Å². The van der Waals surface area contributed by atoms with Gasteiger partial charge < -0.3 is 14.7 Å². The van der Waals surface area contributed by atoms with E-state index in [-0.39, 0.29) is 39.5 Å². The third kappa shape index (κ3) is 5.97. The maximum absolute atomic E-state index is 2.94. The van der Waals surface area contributed by atoms with Crippen LogP contribution in [0, 0.1) is 0 Å². The summed E-state index contributed by atoms with van der Waals surface area (Å²) in [6, 6.07) is 66.8. The normalized spacial score (nSPS) is 23.9. The Balaban J connectivity index is 1.15. The maximum atomic E-state index is 2.94. The Labute approximate surface area is 441 Å². The topological polar surface area (TPSA) is 9.72 Å². The second kappa shape index (κ2) is 15.4. The zero-order valence-corrected chi connectivity index (χ0v) is 45.3. The lowest BCUT2D eigenvalue weighted by Crippen LogP contribution is -2.64. The summed E-state index contributed by atoms with van der Waals surface area (Å²) in [5, 5.41) is 0. The molecule has 0 spiro atoms. The Hall–Kier alpha value is -6.78. The number of anilines is 7. The van der Waals surface area contributed by atoms with E-state index in [1.165, 1.54) is 131 Å². The molecular weight excluding hydrogens is 894 g/mol. The molecule has 4 heterocycles. The second-order valence-electron chi connectivity index (χ2n) is 25.9. The van der Waals surface area contributed by atoms with Gasteiger partial charge >= 0.3 is 0 Å². The number of hydrogen-bond acceptors (Lipinski definition) is 3. The van der Waals surface area contributed by atoms with Crippen LogP contribution in [-0.2, 0) is 33.6 Å². The van der Waals surface area contributed by atoms with Gasteiger partial charge in [0.2, 0.25) is 0 Å². The van der Waals surface area contributed by atoms with Crippen molar-refractivity contribution in [1.82, 2.24) is 0 Å². The van der Waals surface area contributed by atoms with Gasteiger partial charge in [-0.05, 0) is 159 Å². The molecule has 2 aliphatic carbocycles. The predicted molar refractivity (Wildman–Crippen MR) is 315 cm³/mol. The predicted octanol–water partition coefficient (Wildman–Crippen LogP) is 16.2. The molecule has 8 aromatic rings. The smallest absolute Gasteiger partial charge is 0.252 e. The van der Waals surface area contributed by atoms with Crippen molar-refractivity contribution >= 4 is 62.9 Å². The molecule has 1 fully saturated rings. The van der Waals surface area contributed by atoms with Crippen molar-refractivity contribution in [2.24, 2.45) is 0 Å². The lowest BCUT2D eigenvalue weighted by Gasteiger charge is -2.54. The van der Waals surface area contributed by atoms with Crippen LogP contribution < -0.4 is 31.1 Å². The monoisotopic (exact) mass is 964 g/mol. The zero-order valence-electron chi connectivity index (χ0n) is 45.3. The summed E-state index contributed by atoms with van der Waals surface area (Å²) in [4.78, 5) is 8.48. The minimum Gasteiger partial charge on any atom is -0.335 e. The number of hydrogen-bond donors (Lipinski definition) is 0. The van der Waals surface area contributed by atoms with Gasteiger partial charge in [0, 0.05) is 50.5 Å². The molecule has 8 aromatic carbocycles. The molecule has 4 heteroatoms. The van der Waals surface area contributed by atoms with Crippen LogP contribution in [0.3, 0.4) is 0 Å². The highest BCUT2D eigenvalue weighted by Crippen LogP contribution is 2.66. The van der Waals surface area contributed by atoms with Crippen LogP contribution >= 0.6 is 0 Å². The van der Waals surface area contributed by atoms with Gasteiger partial charge in [0.25, 0.3) is 6.71 Å². The fourth-order valence-corrected chi connectivity index (χ4v) is 15.7. The van der Waals surface area contributed by atoms with Gasteiger partial charge in [0.05, 0.1) is 16.8 Å². The number of aryl methyl sites for hydroxylation is 1. The molecule has 74 heavy (non-hydrogen) atoms. The molecule has 368 valence electrons. The summed E-state index contributed by atoms with van der Waals surface area (Å²) < 4.78 is 0. The van der Waals surface area contributed by atoms with Crippen LogP contribution in [0.1, 0.15) is 135 Å². The molecule has 0 bridgehead atoms. The molecule has 0 radical (unpaired) electrons. The SMILES string of the molecule is CC(C)(C)c1ccc2c(c1)B1c3cc(-c4ccccc4)cc4c3N(c3cc(N5c6ccccc6C6(C)CCc7ccccc7C56C)cc(c31)N2c1ccc(C(C)(C)C)cc1-c1ccccc1)C1(C)CCCCC41C. The van der Waals surface area contributed by atoms with Crippen molar-refractivity contribution in [2.45, 2.75) is 141 Å². The van der Waals surface area contributed by atoms with Crippen molar-refractivity contribution in [2.75, 3.05) is 14.7 Å². The van der Waals surface area contributed by atoms with E-state index in [1.807, 2.05) is 0 Å². The van der Waals surface area contributed by atoms with Crippen LogP contribution in [-0.4, -0.2) is 12.3 Å². The molecular formula is C70H70BN3. The van der Waals surface area contributed by atoms with Crippen LogP contribution in [0.5, 0.6) is 0 Å². The lowest BCUT2D eigenvalue weighted by molar-refractivity contribution is 0.195. The first-order chi connectivity index (χ1) is 35.5. The Kier molecular flexibility index (Phi) is 9.54. The van der Waals surface area contributed by atoms with Crippen LogP contribution in [0.4, 0.5) is 39.8 Å². The molecule has 0 saturated heterocycles. The van der Waals surface area contributed by atoms with Crippen LogP contribution in [0.2, 0.25) is 0 Å². The van der Waals surface area contributed by atoms with Crippen molar-refractivity contribution in [1.29, 1.82) is 0 Å². The molecule has 6 aliphatic rings. The van der Waals surface area contributed by atoms with Gasteiger partial charge in [0.15, 0.2) is 0 Å². The minimum absolute atomic E-state index is 0.000220. The number of benzene rings is 8. The summed E-state index contributed by atoms with van der Waals surface area (Å²) in [7, 11) is 0. The molecule has 14 rings (SSSR count). The lowest BCUT2D eigenvalue weighted by atomic mass is 9.33. The maximum Gasteiger partial charge on any atom is 0.252 e. The molecule has 0 aromatic heterocycles. The highest BCUT2D eigenvalue weighted by atomic mass is 15.3. The molecule has 1 saturated carbocycles. The van der Waals surface area contributed by atoms with Gasteiger partial charge in [-0.3, -0.25) is 0 Å². The molecule has 0 N–H and O–H groups in total. The number of rotatable bonds is 4. The van der Waals surface area contributed by atoms with Gasteiger partial charge in [-0.25, -0.2) is 0 Å². The summed E-state index contributed by atoms with van der Waals surface area (Å²) in [5.41, 5.74) is 26.4. The van der Waals surface area contributed by atoms with Crippen molar-refractivity contribution in [3.8, 4) is 22.3 Å². The molecule has 4 aliphatic heterocycles. The third-order valence-electron chi connectivity index (χ3n) is 20.1. The van der Waals surface area contributed by atoms with E-state index in [0.717, 1.165) is 19.3 Å². The number of fused-ring (bicyclic) bond motifs is 12. The summed E-state index contributed by atoms with van der Waals surface area (Å²) >= 11 is 0. The van der Waals surface area contributed by atoms with E-state index in [4.69, 9.17) is 0 Å². The molecule has 0 amide bonds. The Morgan fingerprint density at radius 1 is 0.446 bits per heavy atom. The van der Waals surface area contributed by atoms with E-state index in [1.54, 1.807) is 0 Å². The van der Waals surface area contributed by atoms with Crippen molar-refractivity contribution < 1.29 is 0 Å². The first-order valence-electron chi connectivity index (χ1n) is 27.8. The highest BCUT2D eigenvalue weighted by molar-refractivity contribution is 7.00. The summed E-state index contributed by atoms with van der Waals surface area (Å²) in [6.45, 7) is 24.6. The van der Waals surface area contributed by atoms with Crippen molar-refractivity contribution in [3.05, 3.63) is 203 Å². The quantitative estimate of drug-likeness (QED) is 0.163. The van der Waals surface area contributed by atoms with Gasteiger partial charge in [0.1, 0.15) is 0 Å². The fourth-order valence-electron chi connectivity index (χ4n) is 15.7. The van der Waals surface area contributed by atoms with Gasteiger partial charge in [-0.1, -0.05) is 196 Å². The van der Waals surface area contributed by atoms with Crippen LogP contribution in [0.15, 0.2) is 170 Å². The largest absolute Gasteiger partial charge is 0.335 e. The van der Waals surface area contributed by atoms with E-state index in [9.17, 15) is 0 Å². The average Bonchev–Trinajstić information content (AvgIpc) is 3.81. The van der Waals surface area contributed by atoms with Gasteiger partial charge in [-0.2, -0.15) is 0 Å². The van der Waals surface area contributed by atoms with E-state index < -0.39 is 0 Å². The van der Waals surface area contributed by atoms with E-state index in [0.29, 0.717) is 0 Å². The molecule has 4 unspecified atom stereocenters. The van der Waals surface area contributed by atoms with E-state index in [2.05, 4.69) is 254 Å². The minimum atomic E-state index is -0.356. The third-order valence-corrected chi connectivity index (χ3v) is 20.1. The number of para-hydroxylation sites is 1. The van der Waals surface area contributed by atoms with Crippen LogP contribution in [0.25, 0.3) is 22.3 Å².